The average molecular weight is 295 g/mol. The molecule has 0 aliphatic rings. The Bertz CT molecular complexity index is 592. The Hall–Kier alpha value is -1.96. The highest BCUT2D eigenvalue weighted by Crippen LogP contribution is 2.23. The van der Waals surface area contributed by atoms with E-state index < -0.39 is 0 Å². The third kappa shape index (κ3) is 3.13. The molecule has 2 aromatic heterocycles. The highest BCUT2D eigenvalue weighted by molar-refractivity contribution is 7.15. The maximum atomic E-state index is 11.7. The summed E-state index contributed by atoms with van der Waals surface area (Å²) in [4.78, 5) is 16.8. The van der Waals surface area contributed by atoms with Crippen LogP contribution >= 0.6 is 11.3 Å². The summed E-state index contributed by atoms with van der Waals surface area (Å²) in [5, 5.41) is 11.7. The van der Waals surface area contributed by atoms with Crippen molar-refractivity contribution in [3.8, 4) is 0 Å². The van der Waals surface area contributed by atoms with Gasteiger partial charge in [-0.25, -0.2) is 9.78 Å². The zero-order valence-electron chi connectivity index (χ0n) is 11.7. The lowest BCUT2D eigenvalue weighted by atomic mass is 10.4. The van der Waals surface area contributed by atoms with Crippen molar-refractivity contribution >= 4 is 22.4 Å². The number of esters is 1. The second kappa shape index (κ2) is 6.47. The van der Waals surface area contributed by atoms with E-state index in [2.05, 4.69) is 20.5 Å². The molecule has 0 spiro atoms. The summed E-state index contributed by atoms with van der Waals surface area (Å²) in [6.45, 7) is 7.33. The summed E-state index contributed by atoms with van der Waals surface area (Å²) in [7, 11) is 0. The van der Waals surface area contributed by atoms with Crippen molar-refractivity contribution in [1.82, 2.24) is 19.7 Å². The van der Waals surface area contributed by atoms with Gasteiger partial charge in [0.2, 0.25) is 0 Å². The van der Waals surface area contributed by atoms with E-state index in [1.165, 1.54) is 11.3 Å². The lowest BCUT2D eigenvalue weighted by Gasteiger charge is -2.03. The summed E-state index contributed by atoms with van der Waals surface area (Å²) in [5.74, 6) is 0.448. The topological polar surface area (TPSA) is 81.9 Å². The molecule has 0 fully saturated rings. The van der Waals surface area contributed by atoms with Gasteiger partial charge in [-0.1, -0.05) is 0 Å². The van der Waals surface area contributed by atoms with Crippen molar-refractivity contribution in [3.05, 3.63) is 22.7 Å². The Labute approximate surface area is 121 Å². The minimum absolute atomic E-state index is 0.345. The molecule has 0 atom stereocenters. The van der Waals surface area contributed by atoms with Crippen molar-refractivity contribution in [3.63, 3.8) is 0 Å². The first-order chi connectivity index (χ1) is 9.65. The summed E-state index contributed by atoms with van der Waals surface area (Å²) in [5.41, 5.74) is 0.372. The molecule has 0 amide bonds. The number of anilines is 1. The minimum Gasteiger partial charge on any atom is -0.461 e. The smallest absolute Gasteiger partial charge is 0.358 e. The van der Waals surface area contributed by atoms with Crippen LogP contribution in [0.3, 0.4) is 0 Å². The molecule has 0 aromatic carbocycles. The summed E-state index contributed by atoms with van der Waals surface area (Å²) >= 11 is 1.42. The molecule has 0 saturated heterocycles. The van der Waals surface area contributed by atoms with E-state index in [1.54, 1.807) is 13.3 Å². The molecule has 108 valence electrons. The van der Waals surface area contributed by atoms with Crippen molar-refractivity contribution in [2.24, 2.45) is 0 Å². The van der Waals surface area contributed by atoms with Crippen LogP contribution in [0.2, 0.25) is 0 Å². The van der Waals surface area contributed by atoms with Gasteiger partial charge in [0.1, 0.15) is 6.33 Å². The van der Waals surface area contributed by atoms with Gasteiger partial charge in [0, 0.05) is 11.4 Å². The van der Waals surface area contributed by atoms with E-state index in [9.17, 15) is 4.79 Å². The largest absolute Gasteiger partial charge is 0.461 e. The first kappa shape index (κ1) is 14.4. The predicted molar refractivity (Wildman–Crippen MR) is 75.8 cm³/mol. The van der Waals surface area contributed by atoms with E-state index >= 15 is 0 Å². The quantitative estimate of drug-likeness (QED) is 0.819. The molecule has 0 aliphatic carbocycles. The third-order valence-electron chi connectivity index (χ3n) is 2.70. The van der Waals surface area contributed by atoms with Crippen LogP contribution in [0.15, 0.2) is 6.33 Å². The Balaban J connectivity index is 2.04. The van der Waals surface area contributed by atoms with E-state index in [0.29, 0.717) is 24.0 Å². The number of carbonyl (C=O) groups is 1. The Morgan fingerprint density at radius 3 is 3.00 bits per heavy atom. The normalized spacial score (nSPS) is 10.6. The molecule has 0 unspecified atom stereocenters. The lowest BCUT2D eigenvalue weighted by molar-refractivity contribution is 0.0519. The van der Waals surface area contributed by atoms with Crippen LogP contribution in [-0.2, 0) is 17.8 Å². The monoisotopic (exact) mass is 295 g/mol. The van der Waals surface area contributed by atoms with Crippen LogP contribution in [0.1, 0.15) is 35.0 Å². The molecular formula is C12H17N5O2S. The molecule has 0 aliphatic heterocycles. The molecule has 7 nitrogen and oxygen atoms in total. The molecule has 1 N–H and O–H groups in total. The number of rotatable bonds is 6. The molecule has 8 heteroatoms. The molecule has 2 aromatic rings. The predicted octanol–water partition coefficient (Wildman–Crippen LogP) is 1.85. The third-order valence-corrected chi connectivity index (χ3v) is 3.63. The van der Waals surface area contributed by atoms with E-state index in [4.69, 9.17) is 4.74 Å². The van der Waals surface area contributed by atoms with Crippen molar-refractivity contribution in [2.45, 2.75) is 33.9 Å². The molecule has 2 rings (SSSR count). The number of aromatic nitrogens is 4. The maximum absolute atomic E-state index is 11.7. The van der Waals surface area contributed by atoms with Crippen LogP contribution < -0.4 is 5.32 Å². The number of thiazole rings is 1. The number of hydrogen-bond acceptors (Lipinski definition) is 7. The standard InChI is InChI=1S/C12H17N5O2S/c1-4-17-7-14-16-9(17)6-13-12-15-10(8(3)20-12)11(18)19-5-2/h7H,4-6H2,1-3H3,(H,13,15). The van der Waals surface area contributed by atoms with Crippen LogP contribution in [0.4, 0.5) is 5.13 Å². The Kier molecular flexibility index (Phi) is 4.67. The second-order valence-electron chi connectivity index (χ2n) is 4.03. The summed E-state index contributed by atoms with van der Waals surface area (Å²) < 4.78 is 6.90. The van der Waals surface area contributed by atoms with Gasteiger partial charge in [0.15, 0.2) is 16.6 Å². The molecule has 2 heterocycles. The van der Waals surface area contributed by atoms with Gasteiger partial charge in [0.25, 0.3) is 0 Å². The molecule has 20 heavy (non-hydrogen) atoms. The van der Waals surface area contributed by atoms with Crippen LogP contribution in [0, 0.1) is 6.92 Å². The Morgan fingerprint density at radius 2 is 2.30 bits per heavy atom. The summed E-state index contributed by atoms with van der Waals surface area (Å²) in [6.07, 6.45) is 1.69. The van der Waals surface area contributed by atoms with Crippen LogP contribution in [-0.4, -0.2) is 32.3 Å². The molecule has 0 radical (unpaired) electrons. The fourth-order valence-corrected chi connectivity index (χ4v) is 2.49. The first-order valence-corrected chi connectivity index (χ1v) is 7.22. The summed E-state index contributed by atoms with van der Waals surface area (Å²) in [6, 6.07) is 0. The first-order valence-electron chi connectivity index (χ1n) is 6.40. The van der Waals surface area contributed by atoms with Gasteiger partial charge in [-0.3, -0.25) is 0 Å². The Morgan fingerprint density at radius 1 is 1.50 bits per heavy atom. The number of ether oxygens (including phenoxy) is 1. The van der Waals surface area contributed by atoms with Crippen molar-refractivity contribution in [2.75, 3.05) is 11.9 Å². The average Bonchev–Trinajstić information content (AvgIpc) is 3.02. The van der Waals surface area contributed by atoms with Gasteiger partial charge in [-0.15, -0.1) is 21.5 Å². The second-order valence-corrected chi connectivity index (χ2v) is 5.23. The number of hydrogen-bond donors (Lipinski definition) is 1. The van der Waals surface area contributed by atoms with Crippen molar-refractivity contribution in [1.29, 1.82) is 0 Å². The number of nitrogens with zero attached hydrogens (tertiary/aromatic N) is 4. The van der Waals surface area contributed by atoms with E-state index in [1.807, 2.05) is 18.4 Å². The van der Waals surface area contributed by atoms with Crippen molar-refractivity contribution < 1.29 is 9.53 Å². The minimum atomic E-state index is -0.383. The zero-order valence-corrected chi connectivity index (χ0v) is 12.5. The molecule has 0 bridgehead atoms. The fraction of sp³-hybridized carbons (Fsp3) is 0.500. The fourth-order valence-electron chi connectivity index (χ4n) is 1.70. The zero-order chi connectivity index (χ0) is 14.5. The van der Waals surface area contributed by atoms with Gasteiger partial charge in [-0.2, -0.15) is 0 Å². The SMILES string of the molecule is CCOC(=O)c1nc(NCc2nncn2CC)sc1C. The molecular weight excluding hydrogens is 278 g/mol. The van der Waals surface area contributed by atoms with E-state index in [-0.39, 0.29) is 5.97 Å². The highest BCUT2D eigenvalue weighted by Gasteiger charge is 2.16. The van der Waals surface area contributed by atoms with Crippen LogP contribution in [0.5, 0.6) is 0 Å². The van der Waals surface area contributed by atoms with Gasteiger partial charge < -0.3 is 14.6 Å². The van der Waals surface area contributed by atoms with Crippen LogP contribution in [0.25, 0.3) is 0 Å². The number of nitrogens with one attached hydrogen (secondary N) is 1. The molecule has 0 saturated carbocycles. The van der Waals surface area contributed by atoms with Gasteiger partial charge >= 0.3 is 5.97 Å². The lowest BCUT2D eigenvalue weighted by Crippen LogP contribution is -2.09. The van der Waals surface area contributed by atoms with E-state index in [0.717, 1.165) is 17.2 Å². The number of aryl methyl sites for hydroxylation is 2. The number of carbonyl (C=O) groups excluding carboxylic acids is 1. The van der Waals surface area contributed by atoms with Gasteiger partial charge in [-0.05, 0) is 20.8 Å². The highest BCUT2D eigenvalue weighted by atomic mass is 32.1. The van der Waals surface area contributed by atoms with Gasteiger partial charge in [0.05, 0.1) is 13.2 Å². The maximum Gasteiger partial charge on any atom is 0.358 e.